The topological polar surface area (TPSA) is 9.23 Å². The van der Waals surface area contributed by atoms with Gasteiger partial charge in [-0.1, -0.05) is 32.6 Å². The van der Waals surface area contributed by atoms with Crippen LogP contribution in [0.4, 0.5) is 0 Å². The van der Waals surface area contributed by atoms with E-state index < -0.39 is 0 Å². The number of fused-ring (bicyclic) bond motifs is 1. The second kappa shape index (κ2) is 6.76. The quantitative estimate of drug-likeness (QED) is 0.558. The fraction of sp³-hybridized carbons (Fsp3) is 0.538. The van der Waals surface area contributed by atoms with Crippen LogP contribution in [0, 0.1) is 0 Å². The van der Waals surface area contributed by atoms with E-state index in [0.29, 0.717) is 0 Å². The molecule has 0 aliphatic heterocycles. The summed E-state index contributed by atoms with van der Waals surface area (Å²) in [6.45, 7) is 3.10. The maximum Gasteiger partial charge on any atom is 0.147 e. The van der Waals surface area contributed by atoms with Crippen LogP contribution >= 0.6 is 38.6 Å². The molecular formula is C13H17BrOS2. The maximum atomic E-state index is 5.85. The molecule has 0 atom stereocenters. The molecule has 0 spiro atoms. The van der Waals surface area contributed by atoms with Crippen LogP contribution in [-0.2, 0) is 0 Å². The fourth-order valence-corrected chi connectivity index (χ4v) is 4.67. The molecule has 0 aliphatic rings. The van der Waals surface area contributed by atoms with Gasteiger partial charge in [-0.05, 0) is 22.4 Å². The van der Waals surface area contributed by atoms with Crippen molar-refractivity contribution in [3.8, 4) is 5.75 Å². The lowest BCUT2D eigenvalue weighted by Gasteiger charge is -2.03. The summed E-state index contributed by atoms with van der Waals surface area (Å²) in [5.74, 6) is 1.07. The number of thiophene rings is 2. The van der Waals surface area contributed by atoms with Gasteiger partial charge in [-0.3, -0.25) is 0 Å². The van der Waals surface area contributed by atoms with Gasteiger partial charge in [-0.25, -0.2) is 0 Å². The van der Waals surface area contributed by atoms with Gasteiger partial charge in [0.25, 0.3) is 0 Å². The minimum Gasteiger partial charge on any atom is -0.491 e. The van der Waals surface area contributed by atoms with Crippen molar-refractivity contribution in [2.75, 3.05) is 6.61 Å². The monoisotopic (exact) mass is 332 g/mol. The molecule has 0 fully saturated rings. The molecule has 0 saturated carbocycles. The molecule has 0 aliphatic carbocycles. The number of hydrogen-bond donors (Lipinski definition) is 0. The molecule has 0 amide bonds. The number of hydrogen-bond acceptors (Lipinski definition) is 3. The maximum absolute atomic E-state index is 5.85. The van der Waals surface area contributed by atoms with Crippen molar-refractivity contribution >= 4 is 48.0 Å². The van der Waals surface area contributed by atoms with Crippen LogP contribution in [0.25, 0.3) is 9.40 Å². The lowest BCUT2D eigenvalue weighted by Crippen LogP contribution is -1.96. The molecule has 0 saturated heterocycles. The standard InChI is InChI=1S/C13H17BrOS2/c1-2-3-4-5-6-7-15-11-9-17-12-10(14)8-16-13(11)12/h8-9H,2-7H2,1H3. The summed E-state index contributed by atoms with van der Waals surface area (Å²) in [6.07, 6.45) is 6.44. The summed E-state index contributed by atoms with van der Waals surface area (Å²) in [5.41, 5.74) is 0. The van der Waals surface area contributed by atoms with Crippen molar-refractivity contribution in [3.63, 3.8) is 0 Å². The molecule has 17 heavy (non-hydrogen) atoms. The van der Waals surface area contributed by atoms with Gasteiger partial charge in [0, 0.05) is 15.2 Å². The number of unbranched alkanes of at least 4 members (excludes halogenated alkanes) is 4. The number of ether oxygens (including phenoxy) is 1. The first-order valence-corrected chi connectivity index (χ1v) is 8.65. The van der Waals surface area contributed by atoms with E-state index in [1.54, 1.807) is 22.7 Å². The van der Waals surface area contributed by atoms with Crippen molar-refractivity contribution in [3.05, 3.63) is 15.2 Å². The second-order valence-electron chi connectivity index (χ2n) is 4.10. The van der Waals surface area contributed by atoms with Crippen LogP contribution in [0.5, 0.6) is 5.75 Å². The van der Waals surface area contributed by atoms with E-state index >= 15 is 0 Å². The molecule has 2 rings (SSSR count). The summed E-state index contributed by atoms with van der Waals surface area (Å²) in [4.78, 5) is 0. The molecule has 0 unspecified atom stereocenters. The number of rotatable bonds is 7. The first kappa shape index (κ1) is 13.4. The summed E-state index contributed by atoms with van der Waals surface area (Å²) in [7, 11) is 0. The predicted molar refractivity (Wildman–Crippen MR) is 81.7 cm³/mol. The molecular weight excluding hydrogens is 316 g/mol. The van der Waals surface area contributed by atoms with E-state index in [4.69, 9.17) is 4.74 Å². The Hall–Kier alpha value is -0.0600. The number of halogens is 1. The van der Waals surface area contributed by atoms with Crippen molar-refractivity contribution in [1.29, 1.82) is 0 Å². The highest BCUT2D eigenvalue weighted by Gasteiger charge is 2.09. The molecule has 2 aromatic rings. The van der Waals surface area contributed by atoms with E-state index in [1.165, 1.54) is 46.0 Å². The zero-order valence-electron chi connectivity index (χ0n) is 10.0. The van der Waals surface area contributed by atoms with E-state index in [0.717, 1.165) is 12.4 Å². The fourth-order valence-electron chi connectivity index (χ4n) is 1.76. The molecule has 1 nitrogen and oxygen atoms in total. The van der Waals surface area contributed by atoms with Crippen LogP contribution in [0.3, 0.4) is 0 Å². The van der Waals surface area contributed by atoms with Crippen LogP contribution in [0.15, 0.2) is 15.2 Å². The van der Waals surface area contributed by atoms with Gasteiger partial charge < -0.3 is 4.74 Å². The van der Waals surface area contributed by atoms with Gasteiger partial charge in [0.2, 0.25) is 0 Å². The van der Waals surface area contributed by atoms with E-state index in [2.05, 4.69) is 33.6 Å². The molecule has 0 radical (unpaired) electrons. The molecule has 94 valence electrons. The van der Waals surface area contributed by atoms with Crippen LogP contribution in [0.1, 0.15) is 39.0 Å². The molecule has 0 bridgehead atoms. The molecule has 4 heteroatoms. The molecule has 2 aromatic heterocycles. The lowest BCUT2D eigenvalue weighted by atomic mass is 10.2. The third kappa shape index (κ3) is 3.46. The Morgan fingerprint density at radius 3 is 2.65 bits per heavy atom. The third-order valence-electron chi connectivity index (χ3n) is 2.72. The Labute approximate surface area is 119 Å². The van der Waals surface area contributed by atoms with Crippen LogP contribution in [0.2, 0.25) is 0 Å². The summed E-state index contributed by atoms with van der Waals surface area (Å²) in [5, 5.41) is 4.26. The third-order valence-corrected chi connectivity index (χ3v) is 6.02. The Kier molecular flexibility index (Phi) is 5.32. The Balaban J connectivity index is 1.79. The van der Waals surface area contributed by atoms with Gasteiger partial charge in [-0.2, -0.15) is 0 Å². The summed E-state index contributed by atoms with van der Waals surface area (Å²) in [6, 6.07) is 0. The van der Waals surface area contributed by atoms with Crippen molar-refractivity contribution in [1.82, 2.24) is 0 Å². The second-order valence-corrected chi connectivity index (χ2v) is 6.72. The van der Waals surface area contributed by atoms with Crippen LogP contribution < -0.4 is 4.74 Å². The van der Waals surface area contributed by atoms with Gasteiger partial charge >= 0.3 is 0 Å². The Morgan fingerprint density at radius 1 is 1.06 bits per heavy atom. The largest absolute Gasteiger partial charge is 0.491 e. The average Bonchev–Trinajstić information content (AvgIpc) is 2.88. The van der Waals surface area contributed by atoms with Crippen molar-refractivity contribution < 1.29 is 4.74 Å². The van der Waals surface area contributed by atoms with E-state index in [-0.39, 0.29) is 0 Å². The first-order valence-electron chi connectivity index (χ1n) is 6.10. The van der Waals surface area contributed by atoms with Gasteiger partial charge in [0.05, 0.1) is 16.0 Å². The van der Waals surface area contributed by atoms with E-state index in [9.17, 15) is 0 Å². The van der Waals surface area contributed by atoms with Gasteiger partial charge in [-0.15, -0.1) is 22.7 Å². The first-order chi connectivity index (χ1) is 8.33. The molecule has 0 N–H and O–H groups in total. The highest BCUT2D eigenvalue weighted by Crippen LogP contribution is 2.41. The lowest BCUT2D eigenvalue weighted by molar-refractivity contribution is 0.309. The summed E-state index contributed by atoms with van der Waals surface area (Å²) >= 11 is 7.07. The SMILES string of the molecule is CCCCCCCOc1csc2c(Br)csc12. The van der Waals surface area contributed by atoms with Crippen molar-refractivity contribution in [2.24, 2.45) is 0 Å². The van der Waals surface area contributed by atoms with Crippen molar-refractivity contribution in [2.45, 2.75) is 39.0 Å². The molecule has 0 aromatic carbocycles. The van der Waals surface area contributed by atoms with Crippen LogP contribution in [-0.4, -0.2) is 6.61 Å². The zero-order valence-corrected chi connectivity index (χ0v) is 13.2. The highest BCUT2D eigenvalue weighted by atomic mass is 79.9. The normalized spacial score (nSPS) is 11.2. The Morgan fingerprint density at radius 2 is 1.82 bits per heavy atom. The zero-order chi connectivity index (χ0) is 12.1. The smallest absolute Gasteiger partial charge is 0.147 e. The minimum atomic E-state index is 0.852. The highest BCUT2D eigenvalue weighted by molar-refractivity contribution is 9.10. The van der Waals surface area contributed by atoms with Gasteiger partial charge in [0.1, 0.15) is 5.75 Å². The average molecular weight is 333 g/mol. The van der Waals surface area contributed by atoms with E-state index in [1.807, 2.05) is 0 Å². The minimum absolute atomic E-state index is 0.852. The molecule has 2 heterocycles. The Bertz CT molecular complexity index is 461. The van der Waals surface area contributed by atoms with Gasteiger partial charge in [0.15, 0.2) is 0 Å². The summed E-state index contributed by atoms with van der Waals surface area (Å²) < 4.78 is 9.65. The predicted octanol–water partition coefficient (Wildman–Crippen LogP) is 6.07.